The summed E-state index contributed by atoms with van der Waals surface area (Å²) >= 11 is 0. The molecule has 6 nitrogen and oxygen atoms in total. The number of piperidine rings is 1. The van der Waals surface area contributed by atoms with Crippen LogP contribution >= 0.6 is 0 Å². The number of pyridine rings is 1. The third-order valence-electron chi connectivity index (χ3n) is 3.53. The van der Waals surface area contributed by atoms with Crippen LogP contribution in [0.25, 0.3) is 11.5 Å². The third kappa shape index (κ3) is 2.44. The molecule has 3 heterocycles. The first kappa shape index (κ1) is 12.1. The smallest absolute Gasteiger partial charge is 0.245 e. The molecule has 3 N–H and O–H groups in total. The summed E-state index contributed by atoms with van der Waals surface area (Å²) < 4.78 is 0. The fraction of sp³-hybridized carbons (Fsp3) is 0.462. The van der Waals surface area contributed by atoms with Gasteiger partial charge in [-0.05, 0) is 31.4 Å². The van der Waals surface area contributed by atoms with Gasteiger partial charge in [0.1, 0.15) is 5.69 Å². The molecule has 0 radical (unpaired) electrons. The summed E-state index contributed by atoms with van der Waals surface area (Å²) in [7, 11) is 0. The number of nitrogens with zero attached hydrogens (tertiary/aromatic N) is 4. The van der Waals surface area contributed by atoms with Gasteiger partial charge in [-0.3, -0.25) is 10.1 Å². The summed E-state index contributed by atoms with van der Waals surface area (Å²) in [5, 5.41) is 7.27. The van der Waals surface area contributed by atoms with Crippen LogP contribution < -0.4 is 10.6 Å². The maximum atomic E-state index is 5.91. The first-order chi connectivity index (χ1) is 9.24. The van der Waals surface area contributed by atoms with Crippen molar-refractivity contribution in [1.82, 2.24) is 20.2 Å². The second-order valence-electron chi connectivity index (χ2n) is 4.98. The zero-order valence-electron chi connectivity index (χ0n) is 11.0. The second-order valence-corrected chi connectivity index (χ2v) is 4.98. The summed E-state index contributed by atoms with van der Waals surface area (Å²) in [5.41, 5.74) is 7.85. The minimum atomic E-state index is 0.313. The van der Waals surface area contributed by atoms with E-state index in [1.165, 1.54) is 0 Å². The van der Waals surface area contributed by atoms with E-state index in [2.05, 4.69) is 25.1 Å². The molecule has 6 heteroatoms. The van der Waals surface area contributed by atoms with Gasteiger partial charge in [-0.25, -0.2) is 0 Å². The van der Waals surface area contributed by atoms with Crippen molar-refractivity contribution in [1.29, 1.82) is 0 Å². The number of hydrogen-bond acceptors (Lipinski definition) is 5. The number of aromatic amines is 1. The molecule has 0 aromatic carbocycles. The maximum Gasteiger partial charge on any atom is 0.245 e. The van der Waals surface area contributed by atoms with Crippen LogP contribution in [-0.2, 0) is 0 Å². The highest BCUT2D eigenvalue weighted by atomic mass is 15.4. The number of hydrogen-bond donors (Lipinski definition) is 2. The topological polar surface area (TPSA) is 83.7 Å². The Morgan fingerprint density at radius 3 is 2.89 bits per heavy atom. The lowest BCUT2D eigenvalue weighted by Gasteiger charge is -2.28. The van der Waals surface area contributed by atoms with Gasteiger partial charge >= 0.3 is 0 Å². The number of anilines is 1. The summed E-state index contributed by atoms with van der Waals surface area (Å²) in [5.74, 6) is 1.47. The monoisotopic (exact) mass is 258 g/mol. The van der Waals surface area contributed by atoms with Crippen LogP contribution in [0.5, 0.6) is 0 Å². The van der Waals surface area contributed by atoms with Crippen molar-refractivity contribution in [2.24, 2.45) is 5.73 Å². The molecule has 0 unspecified atom stereocenters. The van der Waals surface area contributed by atoms with Crippen LogP contribution in [0.1, 0.15) is 18.4 Å². The maximum absolute atomic E-state index is 5.91. The second kappa shape index (κ2) is 4.97. The zero-order valence-corrected chi connectivity index (χ0v) is 11.0. The van der Waals surface area contributed by atoms with Gasteiger partial charge in [0.15, 0.2) is 5.82 Å². The van der Waals surface area contributed by atoms with Crippen LogP contribution in [0.3, 0.4) is 0 Å². The Bertz CT molecular complexity index is 556. The highest BCUT2D eigenvalue weighted by Gasteiger charge is 2.20. The fourth-order valence-electron chi connectivity index (χ4n) is 2.33. The van der Waals surface area contributed by atoms with Gasteiger partial charge in [-0.2, -0.15) is 4.98 Å². The number of rotatable bonds is 2. The number of aromatic nitrogens is 4. The minimum absolute atomic E-state index is 0.313. The lowest BCUT2D eigenvalue weighted by Crippen LogP contribution is -2.40. The van der Waals surface area contributed by atoms with Gasteiger partial charge in [0.05, 0.1) is 0 Å². The third-order valence-corrected chi connectivity index (χ3v) is 3.53. The molecule has 3 rings (SSSR count). The van der Waals surface area contributed by atoms with Crippen molar-refractivity contribution in [3.05, 3.63) is 23.9 Å². The van der Waals surface area contributed by atoms with Gasteiger partial charge in [0.2, 0.25) is 5.95 Å². The van der Waals surface area contributed by atoms with Crippen LogP contribution in [0.4, 0.5) is 5.95 Å². The average molecular weight is 258 g/mol. The summed E-state index contributed by atoms with van der Waals surface area (Å²) in [6, 6.07) is 4.25. The molecule has 1 saturated heterocycles. The van der Waals surface area contributed by atoms with E-state index in [1.807, 2.05) is 19.1 Å². The number of nitrogens with one attached hydrogen (secondary N) is 1. The Hall–Kier alpha value is -1.95. The van der Waals surface area contributed by atoms with Crippen molar-refractivity contribution in [3.8, 4) is 11.5 Å². The quantitative estimate of drug-likeness (QED) is 0.842. The largest absolute Gasteiger partial charge is 0.339 e. The van der Waals surface area contributed by atoms with Crippen molar-refractivity contribution in [2.75, 3.05) is 18.0 Å². The van der Waals surface area contributed by atoms with Gasteiger partial charge < -0.3 is 10.6 Å². The molecule has 2 aromatic rings. The van der Waals surface area contributed by atoms with E-state index in [9.17, 15) is 0 Å². The Balaban J connectivity index is 1.82. The highest BCUT2D eigenvalue weighted by molar-refractivity contribution is 5.55. The Morgan fingerprint density at radius 2 is 2.16 bits per heavy atom. The molecule has 1 aliphatic rings. The molecule has 1 aliphatic heterocycles. The van der Waals surface area contributed by atoms with E-state index >= 15 is 0 Å². The summed E-state index contributed by atoms with van der Waals surface area (Å²) in [6.07, 6.45) is 3.75. The Labute approximate surface area is 112 Å². The Kier molecular flexibility index (Phi) is 3.16. The molecule has 0 spiro atoms. The highest BCUT2D eigenvalue weighted by Crippen LogP contribution is 2.20. The SMILES string of the molecule is Cc1cccnc1-c1nc(N2CCC(N)CC2)n[nH]1. The predicted molar refractivity (Wildman–Crippen MR) is 73.8 cm³/mol. The lowest BCUT2D eigenvalue weighted by molar-refractivity contribution is 0.496. The normalized spacial score (nSPS) is 16.8. The molecule has 0 bridgehead atoms. The van der Waals surface area contributed by atoms with Crippen LogP contribution in [-0.4, -0.2) is 39.3 Å². The van der Waals surface area contributed by atoms with Crippen molar-refractivity contribution in [3.63, 3.8) is 0 Å². The molecule has 0 amide bonds. The molecule has 100 valence electrons. The summed E-state index contributed by atoms with van der Waals surface area (Å²) in [6.45, 7) is 3.85. The first-order valence-corrected chi connectivity index (χ1v) is 6.59. The van der Waals surface area contributed by atoms with Crippen molar-refractivity contribution < 1.29 is 0 Å². The number of aryl methyl sites for hydroxylation is 1. The number of H-pyrrole nitrogens is 1. The molecular formula is C13H18N6. The molecule has 0 atom stereocenters. The average Bonchev–Trinajstić information content (AvgIpc) is 2.89. The molecular weight excluding hydrogens is 240 g/mol. The van der Waals surface area contributed by atoms with Crippen molar-refractivity contribution in [2.45, 2.75) is 25.8 Å². The Morgan fingerprint density at radius 1 is 1.37 bits per heavy atom. The number of nitrogens with two attached hydrogens (primary N) is 1. The first-order valence-electron chi connectivity index (χ1n) is 6.59. The predicted octanol–water partition coefficient (Wildman–Crippen LogP) is 1.10. The van der Waals surface area contributed by atoms with E-state index in [-0.39, 0.29) is 0 Å². The standard InChI is InChI=1S/C13H18N6/c1-9-3-2-6-15-11(9)12-16-13(18-17-12)19-7-4-10(14)5-8-19/h2-3,6,10H,4-5,7-8,14H2,1H3,(H,16,17,18). The molecule has 0 saturated carbocycles. The zero-order chi connectivity index (χ0) is 13.2. The van der Waals surface area contributed by atoms with Crippen LogP contribution in [0.15, 0.2) is 18.3 Å². The van der Waals surface area contributed by atoms with Gasteiger partial charge in [-0.15, -0.1) is 5.10 Å². The molecule has 1 fully saturated rings. The van der Waals surface area contributed by atoms with E-state index in [0.29, 0.717) is 6.04 Å². The molecule has 2 aromatic heterocycles. The van der Waals surface area contributed by atoms with Crippen molar-refractivity contribution >= 4 is 5.95 Å². The van der Waals surface area contributed by atoms with Crippen LogP contribution in [0.2, 0.25) is 0 Å². The van der Waals surface area contributed by atoms with E-state index in [0.717, 1.165) is 49.0 Å². The van der Waals surface area contributed by atoms with Gasteiger partial charge in [0, 0.05) is 25.3 Å². The fourth-order valence-corrected chi connectivity index (χ4v) is 2.33. The van der Waals surface area contributed by atoms with E-state index in [1.54, 1.807) is 6.20 Å². The van der Waals surface area contributed by atoms with E-state index in [4.69, 9.17) is 5.73 Å². The minimum Gasteiger partial charge on any atom is -0.339 e. The molecule has 0 aliphatic carbocycles. The van der Waals surface area contributed by atoms with Crippen LogP contribution in [0, 0.1) is 6.92 Å². The lowest BCUT2D eigenvalue weighted by atomic mass is 10.1. The summed E-state index contributed by atoms with van der Waals surface area (Å²) in [4.78, 5) is 11.1. The van der Waals surface area contributed by atoms with Gasteiger partial charge in [-0.1, -0.05) is 6.07 Å². The van der Waals surface area contributed by atoms with Gasteiger partial charge in [0.25, 0.3) is 0 Å². The van der Waals surface area contributed by atoms with E-state index < -0.39 is 0 Å². The molecule has 19 heavy (non-hydrogen) atoms.